The second-order valence-corrected chi connectivity index (χ2v) is 9.23. The average molecular weight is 508 g/mol. The molecule has 0 unspecified atom stereocenters. The van der Waals surface area contributed by atoms with E-state index in [0.717, 1.165) is 35.6 Å². The number of aromatic nitrogens is 1. The number of morpholine rings is 1. The van der Waals surface area contributed by atoms with Crippen LogP contribution in [0.1, 0.15) is 18.4 Å². The molecule has 0 aliphatic carbocycles. The number of benzene rings is 1. The fourth-order valence-electron chi connectivity index (χ4n) is 4.62. The number of urea groups is 1. The third kappa shape index (κ3) is 6.79. The highest BCUT2D eigenvalue weighted by molar-refractivity contribution is 5.91. The summed E-state index contributed by atoms with van der Waals surface area (Å²) in [7, 11) is 0. The van der Waals surface area contributed by atoms with Crippen LogP contribution in [0, 0.1) is 12.8 Å². The number of hydrogen-bond donors (Lipinski definition) is 3. The van der Waals surface area contributed by atoms with Gasteiger partial charge in [-0.25, -0.2) is 9.78 Å². The molecule has 1 aromatic carbocycles. The van der Waals surface area contributed by atoms with Crippen molar-refractivity contribution < 1.29 is 27.8 Å². The molecule has 2 aliphatic heterocycles. The molecule has 0 spiro atoms. The molecule has 2 aromatic rings. The van der Waals surface area contributed by atoms with Crippen LogP contribution in [0.15, 0.2) is 30.3 Å². The number of anilines is 3. The molecule has 2 amide bonds. The lowest BCUT2D eigenvalue weighted by atomic mass is 10.00. The third-order valence-electron chi connectivity index (χ3n) is 6.46. The minimum absolute atomic E-state index is 0.0281. The number of nitrogens with one attached hydrogen (secondary N) is 2. The second-order valence-electron chi connectivity index (χ2n) is 9.23. The average Bonchev–Trinajstić information content (AvgIpc) is 3.31. The van der Waals surface area contributed by atoms with Crippen molar-refractivity contribution in [2.45, 2.75) is 25.9 Å². The predicted octanol–water partition coefficient (Wildman–Crippen LogP) is 4.10. The molecule has 3 heterocycles. The SMILES string of the molecule is Cc1ccc(NC(=O)N2CC[C@@H](CC(F)(F)F)C2)cc1-c1cc(NCCO)nc(N2CCOCC2)c1. The monoisotopic (exact) mass is 507 g/mol. The van der Waals surface area contributed by atoms with Gasteiger partial charge in [-0.3, -0.25) is 0 Å². The highest BCUT2D eigenvalue weighted by Gasteiger charge is 2.36. The maximum atomic E-state index is 12.8. The van der Waals surface area contributed by atoms with E-state index in [1.165, 1.54) is 4.90 Å². The van der Waals surface area contributed by atoms with Crippen molar-refractivity contribution in [3.8, 4) is 11.1 Å². The van der Waals surface area contributed by atoms with Gasteiger partial charge in [-0.2, -0.15) is 13.2 Å². The Morgan fingerprint density at radius 3 is 2.69 bits per heavy atom. The van der Waals surface area contributed by atoms with Crippen LogP contribution >= 0.6 is 0 Å². The molecular weight excluding hydrogens is 475 g/mol. The van der Waals surface area contributed by atoms with Crippen molar-refractivity contribution in [1.29, 1.82) is 0 Å². The van der Waals surface area contributed by atoms with Crippen LogP contribution in [0.5, 0.6) is 0 Å². The van der Waals surface area contributed by atoms with Gasteiger partial charge in [0.05, 0.1) is 19.8 Å². The first-order valence-corrected chi connectivity index (χ1v) is 12.1. The van der Waals surface area contributed by atoms with Crippen molar-refractivity contribution in [1.82, 2.24) is 9.88 Å². The number of hydrogen-bond acceptors (Lipinski definition) is 6. The Morgan fingerprint density at radius 2 is 1.97 bits per heavy atom. The quantitative estimate of drug-likeness (QED) is 0.523. The third-order valence-corrected chi connectivity index (χ3v) is 6.46. The Morgan fingerprint density at radius 1 is 1.19 bits per heavy atom. The van der Waals surface area contributed by atoms with Crippen molar-refractivity contribution in [3.63, 3.8) is 0 Å². The number of nitrogens with zero attached hydrogens (tertiary/aromatic N) is 3. The van der Waals surface area contributed by atoms with E-state index in [4.69, 9.17) is 9.72 Å². The Bertz CT molecular complexity index is 1060. The van der Waals surface area contributed by atoms with E-state index >= 15 is 0 Å². The number of carbonyl (C=O) groups excluding carboxylic acids is 1. The summed E-state index contributed by atoms with van der Waals surface area (Å²) in [6.45, 7) is 5.37. The smallest absolute Gasteiger partial charge is 0.389 e. The summed E-state index contributed by atoms with van der Waals surface area (Å²) < 4.78 is 43.6. The molecule has 1 aromatic heterocycles. The van der Waals surface area contributed by atoms with Crippen LogP contribution in [0.25, 0.3) is 11.1 Å². The minimum Gasteiger partial charge on any atom is -0.395 e. The topological polar surface area (TPSA) is 90.0 Å². The normalized spacial score (nSPS) is 18.4. The zero-order valence-electron chi connectivity index (χ0n) is 20.3. The Hall–Kier alpha value is -3.05. The van der Waals surface area contributed by atoms with Gasteiger partial charge in [0.1, 0.15) is 11.6 Å². The molecule has 196 valence electrons. The van der Waals surface area contributed by atoms with Crippen LogP contribution in [0.4, 0.5) is 35.3 Å². The molecule has 2 aliphatic rings. The first-order chi connectivity index (χ1) is 17.2. The molecule has 0 saturated carbocycles. The van der Waals surface area contributed by atoms with Gasteiger partial charge in [-0.1, -0.05) is 6.07 Å². The van der Waals surface area contributed by atoms with Crippen LogP contribution in [-0.2, 0) is 4.74 Å². The van der Waals surface area contributed by atoms with E-state index in [1.807, 2.05) is 31.2 Å². The molecule has 4 rings (SSSR count). The lowest BCUT2D eigenvalue weighted by molar-refractivity contribution is -0.143. The van der Waals surface area contributed by atoms with Crippen LogP contribution in [0.2, 0.25) is 0 Å². The Balaban J connectivity index is 1.53. The molecule has 0 bridgehead atoms. The summed E-state index contributed by atoms with van der Waals surface area (Å²) in [5.41, 5.74) is 3.35. The van der Waals surface area contributed by atoms with Crippen molar-refractivity contribution >= 4 is 23.4 Å². The van der Waals surface area contributed by atoms with Crippen LogP contribution in [-0.4, -0.2) is 79.7 Å². The fraction of sp³-hybridized carbons (Fsp3) is 0.520. The standard InChI is InChI=1S/C25H32F3N5O3/c1-17-2-3-20(30-24(35)33-6-4-18(16-33)15-25(26,27)28)14-21(17)19-12-22(29-5-9-34)31-23(13-19)32-7-10-36-11-8-32/h2-3,12-14,18,34H,4-11,15-16H2,1H3,(H,29,31)(H,30,35)/t18-/m0/s1. The summed E-state index contributed by atoms with van der Waals surface area (Å²) in [6.07, 6.45) is -4.75. The number of likely N-dealkylation sites (tertiary alicyclic amines) is 1. The van der Waals surface area contributed by atoms with E-state index in [9.17, 15) is 23.1 Å². The van der Waals surface area contributed by atoms with Gasteiger partial charge in [0.25, 0.3) is 0 Å². The number of alkyl halides is 3. The molecule has 2 saturated heterocycles. The van der Waals surface area contributed by atoms with Gasteiger partial charge in [0.2, 0.25) is 0 Å². The molecule has 1 atom stereocenters. The van der Waals surface area contributed by atoms with Gasteiger partial charge in [-0.05, 0) is 60.2 Å². The minimum atomic E-state index is -4.22. The zero-order valence-corrected chi connectivity index (χ0v) is 20.3. The lowest BCUT2D eigenvalue weighted by Gasteiger charge is -2.28. The number of ether oxygens (including phenoxy) is 1. The molecule has 0 radical (unpaired) electrons. The van der Waals surface area contributed by atoms with E-state index in [-0.39, 0.29) is 13.2 Å². The molecule has 8 nitrogen and oxygen atoms in total. The lowest BCUT2D eigenvalue weighted by Crippen LogP contribution is -2.36. The summed E-state index contributed by atoms with van der Waals surface area (Å²) >= 11 is 0. The molecule has 3 N–H and O–H groups in total. The largest absolute Gasteiger partial charge is 0.395 e. The zero-order chi connectivity index (χ0) is 25.7. The van der Waals surface area contributed by atoms with E-state index in [1.54, 1.807) is 6.07 Å². The fourth-order valence-corrected chi connectivity index (χ4v) is 4.62. The number of aliphatic hydroxyl groups is 1. The van der Waals surface area contributed by atoms with Crippen molar-refractivity contribution in [3.05, 3.63) is 35.9 Å². The van der Waals surface area contributed by atoms with Crippen molar-refractivity contribution in [2.24, 2.45) is 5.92 Å². The van der Waals surface area contributed by atoms with Crippen molar-refractivity contribution in [2.75, 3.05) is 68.1 Å². The number of rotatable bonds is 7. The Labute approximate surface area is 208 Å². The molecular formula is C25H32F3N5O3. The maximum Gasteiger partial charge on any atom is 0.389 e. The molecule has 2 fully saturated rings. The number of amides is 2. The number of halogens is 3. The molecule has 11 heteroatoms. The first-order valence-electron chi connectivity index (χ1n) is 12.1. The summed E-state index contributed by atoms with van der Waals surface area (Å²) in [4.78, 5) is 21.0. The summed E-state index contributed by atoms with van der Waals surface area (Å²) in [5.74, 6) is 0.854. The van der Waals surface area contributed by atoms with Gasteiger partial charge in [0.15, 0.2) is 0 Å². The van der Waals surface area contributed by atoms with Gasteiger partial charge in [0, 0.05) is 44.8 Å². The van der Waals surface area contributed by atoms with Gasteiger partial charge < -0.3 is 30.3 Å². The van der Waals surface area contributed by atoms with Gasteiger partial charge in [-0.15, -0.1) is 0 Å². The van der Waals surface area contributed by atoms with E-state index in [0.29, 0.717) is 44.2 Å². The maximum absolute atomic E-state index is 12.8. The number of carbonyl (C=O) groups is 1. The van der Waals surface area contributed by atoms with E-state index in [2.05, 4.69) is 15.5 Å². The van der Waals surface area contributed by atoms with E-state index < -0.39 is 24.5 Å². The predicted molar refractivity (Wildman–Crippen MR) is 132 cm³/mol. The van der Waals surface area contributed by atoms with Crippen LogP contribution < -0.4 is 15.5 Å². The summed E-state index contributed by atoms with van der Waals surface area (Å²) in [5, 5.41) is 15.2. The second kappa shape index (κ2) is 11.3. The van der Waals surface area contributed by atoms with Gasteiger partial charge >= 0.3 is 12.2 Å². The number of aryl methyl sites for hydroxylation is 1. The highest BCUT2D eigenvalue weighted by Crippen LogP contribution is 2.33. The highest BCUT2D eigenvalue weighted by atomic mass is 19.4. The summed E-state index contributed by atoms with van der Waals surface area (Å²) in [6, 6.07) is 9.04. The Kier molecular flexibility index (Phi) is 8.20. The molecule has 36 heavy (non-hydrogen) atoms. The number of pyridine rings is 1. The number of aliphatic hydroxyl groups excluding tert-OH is 1. The first kappa shape index (κ1) is 26.0. The van der Waals surface area contributed by atoms with Crippen LogP contribution in [0.3, 0.4) is 0 Å².